The zero-order valence-electron chi connectivity index (χ0n) is 29.7. The van der Waals surface area contributed by atoms with Crippen molar-refractivity contribution in [2.24, 2.45) is 0 Å². The van der Waals surface area contributed by atoms with E-state index in [1.807, 2.05) is 6.20 Å². The van der Waals surface area contributed by atoms with Crippen molar-refractivity contribution in [3.05, 3.63) is 200 Å². The highest BCUT2D eigenvalue weighted by Gasteiger charge is 2.48. The van der Waals surface area contributed by atoms with Gasteiger partial charge in [0.2, 0.25) is 0 Å². The molecule has 6 aromatic carbocycles. The first-order valence-corrected chi connectivity index (χ1v) is 18.6. The third-order valence-electron chi connectivity index (χ3n) is 11.6. The topological polar surface area (TPSA) is 16.3 Å². The summed E-state index contributed by atoms with van der Waals surface area (Å²) in [6.07, 6.45) is 18.5. The van der Waals surface area contributed by atoms with E-state index in [1.165, 1.54) is 33.1 Å². The van der Waals surface area contributed by atoms with Gasteiger partial charge in [-0.25, -0.2) is 0 Å². The van der Waals surface area contributed by atoms with Gasteiger partial charge in [-0.1, -0.05) is 116 Å². The Bertz CT molecular complexity index is 2970. The van der Waals surface area contributed by atoms with Gasteiger partial charge in [-0.15, -0.1) is 0 Å². The standard InChI is InChI=1S/C50H36N4/c1-3-51-43-26-24-37(54-46-23-13-10-20-42(46)50(54)29-14-5-15-30-50)33-41(43)40-25-27-47-48(49(40)51)34(2)32-36(28-31-52(47)35-16-6-4-7-17-35)53-44-21-11-8-18-38(44)39-19-9-12-22-45(39)53/h3-29,31-33H,1-2,30H2/b31-28-,36-32+. The quantitative estimate of drug-likeness (QED) is 0.183. The van der Waals surface area contributed by atoms with Crippen molar-refractivity contribution < 1.29 is 0 Å². The molecule has 4 heteroatoms. The van der Waals surface area contributed by atoms with E-state index in [4.69, 9.17) is 6.58 Å². The lowest BCUT2D eigenvalue weighted by molar-refractivity contribution is 0.497. The summed E-state index contributed by atoms with van der Waals surface area (Å²) >= 11 is 0. The van der Waals surface area contributed by atoms with Crippen molar-refractivity contribution in [3.63, 3.8) is 0 Å². The second kappa shape index (κ2) is 11.5. The van der Waals surface area contributed by atoms with Crippen LogP contribution in [0.5, 0.6) is 0 Å². The number of fused-ring (bicyclic) bond motifs is 10. The van der Waals surface area contributed by atoms with Crippen LogP contribution in [0.1, 0.15) is 17.5 Å². The molecule has 0 saturated heterocycles. The van der Waals surface area contributed by atoms with E-state index in [-0.39, 0.29) is 5.54 Å². The van der Waals surface area contributed by atoms with Crippen molar-refractivity contribution in [2.75, 3.05) is 9.80 Å². The molecule has 0 bridgehead atoms. The summed E-state index contributed by atoms with van der Waals surface area (Å²) in [5, 5.41) is 4.81. The number of para-hydroxylation sites is 4. The van der Waals surface area contributed by atoms with Crippen LogP contribution in [0.25, 0.3) is 61.1 Å². The molecule has 0 fully saturated rings. The van der Waals surface area contributed by atoms with E-state index in [0.29, 0.717) is 0 Å². The Kier molecular flexibility index (Phi) is 6.50. The van der Waals surface area contributed by atoms with E-state index < -0.39 is 0 Å². The summed E-state index contributed by atoms with van der Waals surface area (Å²) in [6.45, 7) is 9.19. The molecule has 2 aliphatic heterocycles. The summed E-state index contributed by atoms with van der Waals surface area (Å²) in [7, 11) is 0. The predicted molar refractivity (Wildman–Crippen MR) is 229 cm³/mol. The van der Waals surface area contributed by atoms with Crippen LogP contribution >= 0.6 is 0 Å². The van der Waals surface area contributed by atoms with Gasteiger partial charge >= 0.3 is 0 Å². The minimum absolute atomic E-state index is 0.185. The van der Waals surface area contributed by atoms with Crippen LogP contribution in [-0.4, -0.2) is 9.13 Å². The Morgan fingerprint density at radius 1 is 0.630 bits per heavy atom. The maximum absolute atomic E-state index is 4.83. The number of hydrogen-bond acceptors (Lipinski definition) is 2. The molecule has 1 aliphatic carbocycles. The molecule has 0 radical (unpaired) electrons. The summed E-state index contributed by atoms with van der Waals surface area (Å²) < 4.78 is 4.62. The smallest absolute Gasteiger partial charge is 0.0943 e. The van der Waals surface area contributed by atoms with Gasteiger partial charge in [0.25, 0.3) is 0 Å². The first kappa shape index (κ1) is 30.6. The Morgan fingerprint density at radius 3 is 2.13 bits per heavy atom. The Morgan fingerprint density at radius 2 is 1.37 bits per heavy atom. The molecule has 4 heterocycles. The minimum Gasteiger partial charge on any atom is -0.327 e. The average molecular weight is 693 g/mol. The van der Waals surface area contributed by atoms with E-state index in [1.54, 1.807) is 0 Å². The van der Waals surface area contributed by atoms with Crippen LogP contribution in [-0.2, 0) is 5.54 Å². The van der Waals surface area contributed by atoms with Crippen molar-refractivity contribution >= 4 is 83.8 Å². The van der Waals surface area contributed by atoms with Crippen LogP contribution in [0.3, 0.4) is 0 Å². The highest BCUT2D eigenvalue weighted by Crippen LogP contribution is 2.56. The van der Waals surface area contributed by atoms with Gasteiger partial charge in [-0.05, 0) is 78.7 Å². The number of rotatable bonds is 4. The molecule has 0 amide bonds. The summed E-state index contributed by atoms with van der Waals surface area (Å²) in [5.74, 6) is 0. The summed E-state index contributed by atoms with van der Waals surface area (Å²) in [5.41, 5.74) is 13.3. The SMILES string of the molecule is C=Cn1c2ccc(N3c4ccccc4C34C=CC=CC4)cc2c2ccc3c(c21)C(=C)/C=C(n1c2ccccc2c2ccccc21)\C=C/N3c1ccccc1. The van der Waals surface area contributed by atoms with Crippen molar-refractivity contribution in [1.29, 1.82) is 0 Å². The van der Waals surface area contributed by atoms with Gasteiger partial charge in [-0.2, -0.15) is 0 Å². The van der Waals surface area contributed by atoms with Gasteiger partial charge in [0.1, 0.15) is 0 Å². The van der Waals surface area contributed by atoms with Gasteiger partial charge in [0.05, 0.1) is 33.3 Å². The Hall–Kier alpha value is -7.04. The maximum Gasteiger partial charge on any atom is 0.0943 e. The number of allylic oxidation sites excluding steroid dienone is 6. The normalized spacial score (nSPS) is 19.1. The van der Waals surface area contributed by atoms with Gasteiger partial charge in [0, 0.05) is 67.8 Å². The molecule has 256 valence electrons. The highest BCUT2D eigenvalue weighted by molar-refractivity contribution is 6.17. The maximum atomic E-state index is 4.83. The number of hydrogen-bond donors (Lipinski definition) is 0. The molecule has 1 unspecified atom stereocenters. The van der Waals surface area contributed by atoms with E-state index in [9.17, 15) is 0 Å². The number of anilines is 4. The molecule has 3 aliphatic rings. The van der Waals surface area contributed by atoms with Gasteiger partial charge < -0.3 is 18.9 Å². The molecule has 11 rings (SSSR count). The molecule has 8 aromatic rings. The van der Waals surface area contributed by atoms with Crippen molar-refractivity contribution in [3.8, 4) is 0 Å². The molecule has 0 N–H and O–H groups in total. The van der Waals surface area contributed by atoms with Crippen LogP contribution in [0.4, 0.5) is 22.7 Å². The van der Waals surface area contributed by atoms with E-state index >= 15 is 0 Å². The van der Waals surface area contributed by atoms with Crippen LogP contribution in [0.15, 0.2) is 189 Å². The third kappa shape index (κ3) is 4.13. The Labute approximate surface area is 314 Å². The fourth-order valence-electron chi connectivity index (χ4n) is 9.31. The Balaban J connectivity index is 1.16. The molecule has 4 nitrogen and oxygen atoms in total. The largest absolute Gasteiger partial charge is 0.327 e. The second-order valence-corrected chi connectivity index (χ2v) is 14.4. The summed E-state index contributed by atoms with van der Waals surface area (Å²) in [6, 6.07) is 48.1. The third-order valence-corrected chi connectivity index (χ3v) is 11.6. The average Bonchev–Trinajstić information content (AvgIpc) is 3.72. The van der Waals surface area contributed by atoms with Crippen molar-refractivity contribution in [2.45, 2.75) is 12.0 Å². The van der Waals surface area contributed by atoms with Crippen LogP contribution in [0, 0.1) is 0 Å². The highest BCUT2D eigenvalue weighted by atomic mass is 15.3. The van der Waals surface area contributed by atoms with Gasteiger partial charge in [-0.3, -0.25) is 0 Å². The molecule has 1 atom stereocenters. The van der Waals surface area contributed by atoms with Gasteiger partial charge in [0.15, 0.2) is 0 Å². The predicted octanol–water partition coefficient (Wildman–Crippen LogP) is 13.1. The summed E-state index contributed by atoms with van der Waals surface area (Å²) in [4.78, 5) is 4.80. The van der Waals surface area contributed by atoms with E-state index in [2.05, 4.69) is 202 Å². The lowest BCUT2D eigenvalue weighted by Gasteiger charge is -2.54. The number of benzene rings is 6. The molecule has 0 saturated carbocycles. The van der Waals surface area contributed by atoms with Crippen LogP contribution in [0.2, 0.25) is 0 Å². The number of nitrogens with zero attached hydrogens (tertiary/aromatic N) is 4. The molecular weight excluding hydrogens is 657 g/mol. The second-order valence-electron chi connectivity index (χ2n) is 14.4. The lowest BCUT2D eigenvalue weighted by atomic mass is 9.73. The molecule has 2 aromatic heterocycles. The van der Waals surface area contributed by atoms with Crippen molar-refractivity contribution in [1.82, 2.24) is 9.13 Å². The zero-order chi connectivity index (χ0) is 36.0. The first-order valence-electron chi connectivity index (χ1n) is 18.6. The fraction of sp³-hybridized carbons (Fsp3) is 0.0400. The number of aromatic nitrogens is 2. The first-order chi connectivity index (χ1) is 26.7. The lowest BCUT2D eigenvalue weighted by Crippen LogP contribution is -2.51. The fourth-order valence-corrected chi connectivity index (χ4v) is 9.31. The zero-order valence-corrected chi connectivity index (χ0v) is 29.7. The van der Waals surface area contributed by atoms with E-state index in [0.717, 1.165) is 62.1 Å². The minimum atomic E-state index is -0.185. The molecular formula is C50H36N4. The molecule has 54 heavy (non-hydrogen) atoms. The van der Waals surface area contributed by atoms with Crippen LogP contribution < -0.4 is 9.80 Å². The monoisotopic (exact) mass is 692 g/mol. The molecule has 1 spiro atoms.